The first-order chi connectivity index (χ1) is 10.8. The molecule has 1 aliphatic rings. The lowest BCUT2D eigenvalue weighted by Crippen LogP contribution is -2.50. The zero-order chi connectivity index (χ0) is 17.0. The Morgan fingerprint density at radius 1 is 1.43 bits per heavy atom. The van der Waals surface area contributed by atoms with Crippen molar-refractivity contribution >= 4 is 27.8 Å². The predicted octanol–water partition coefficient (Wildman–Crippen LogP) is 4.07. The lowest BCUT2D eigenvalue weighted by molar-refractivity contribution is 0.0108. The number of carbonyl (C=O) groups excluding carboxylic acids is 1. The summed E-state index contributed by atoms with van der Waals surface area (Å²) in [7, 11) is 2.01. The van der Waals surface area contributed by atoms with E-state index in [-0.39, 0.29) is 12.1 Å². The Hall–Kier alpha value is -1.30. The van der Waals surface area contributed by atoms with Gasteiger partial charge in [-0.05, 0) is 68.1 Å². The molecular weight excluding hydrogens is 358 g/mol. The highest BCUT2D eigenvalue weighted by molar-refractivity contribution is 9.10. The Morgan fingerprint density at radius 2 is 2.17 bits per heavy atom. The van der Waals surface area contributed by atoms with Crippen LogP contribution in [0.5, 0.6) is 0 Å². The molecule has 23 heavy (non-hydrogen) atoms. The number of ether oxygens (including phenoxy) is 1. The number of aromatic nitrogens is 1. The van der Waals surface area contributed by atoms with Crippen LogP contribution in [-0.2, 0) is 4.74 Å². The van der Waals surface area contributed by atoms with Crippen molar-refractivity contribution in [1.29, 1.82) is 0 Å². The van der Waals surface area contributed by atoms with Gasteiger partial charge in [-0.3, -0.25) is 0 Å². The first kappa shape index (κ1) is 18.0. The van der Waals surface area contributed by atoms with Gasteiger partial charge in [-0.2, -0.15) is 0 Å². The van der Waals surface area contributed by atoms with Crippen molar-refractivity contribution in [2.45, 2.75) is 51.7 Å². The summed E-state index contributed by atoms with van der Waals surface area (Å²) in [5, 5.41) is 0. The van der Waals surface area contributed by atoms with Gasteiger partial charge in [0.05, 0.1) is 6.04 Å². The van der Waals surface area contributed by atoms with Crippen LogP contribution in [0.25, 0.3) is 0 Å². The summed E-state index contributed by atoms with van der Waals surface area (Å²) in [6.45, 7) is 7.23. The number of rotatable bonds is 3. The Balaban J connectivity index is 2.05. The highest BCUT2D eigenvalue weighted by Gasteiger charge is 2.31. The molecule has 0 spiro atoms. The van der Waals surface area contributed by atoms with Gasteiger partial charge in [0.1, 0.15) is 16.0 Å². The lowest BCUT2D eigenvalue weighted by atomic mass is 10.0. The normalized spacial score (nSPS) is 18.7. The van der Waals surface area contributed by atoms with E-state index in [4.69, 9.17) is 4.74 Å². The summed E-state index contributed by atoms with van der Waals surface area (Å²) in [5.74, 6) is 0.897. The molecule has 128 valence electrons. The number of halogens is 1. The number of nitrogens with zero attached hydrogens (tertiary/aromatic N) is 3. The van der Waals surface area contributed by atoms with Crippen molar-refractivity contribution in [1.82, 2.24) is 9.88 Å². The van der Waals surface area contributed by atoms with E-state index in [0.29, 0.717) is 0 Å². The van der Waals surface area contributed by atoms with Crippen LogP contribution in [0.1, 0.15) is 40.0 Å². The average molecular weight is 384 g/mol. The Bertz CT molecular complexity index is 545. The molecule has 0 aromatic carbocycles. The van der Waals surface area contributed by atoms with Gasteiger partial charge in [-0.25, -0.2) is 9.78 Å². The summed E-state index contributed by atoms with van der Waals surface area (Å²) >= 11 is 3.40. The number of pyridine rings is 1. The zero-order valence-electron chi connectivity index (χ0n) is 14.4. The molecule has 1 aliphatic heterocycles. The fourth-order valence-corrected chi connectivity index (χ4v) is 3.11. The van der Waals surface area contributed by atoms with Gasteiger partial charge < -0.3 is 14.5 Å². The monoisotopic (exact) mass is 383 g/mol. The van der Waals surface area contributed by atoms with Crippen LogP contribution in [0.15, 0.2) is 22.8 Å². The minimum absolute atomic E-state index is 0.157. The summed E-state index contributed by atoms with van der Waals surface area (Å²) in [5.41, 5.74) is -0.461. The van der Waals surface area contributed by atoms with Crippen molar-refractivity contribution in [2.24, 2.45) is 0 Å². The first-order valence-electron chi connectivity index (χ1n) is 8.09. The van der Waals surface area contributed by atoms with E-state index in [2.05, 4.69) is 25.8 Å². The van der Waals surface area contributed by atoms with Gasteiger partial charge in [0, 0.05) is 20.1 Å². The quantitative estimate of drug-likeness (QED) is 0.737. The number of hydrogen-bond acceptors (Lipinski definition) is 4. The third-order valence-corrected chi connectivity index (χ3v) is 4.27. The van der Waals surface area contributed by atoms with Gasteiger partial charge in [-0.1, -0.05) is 6.07 Å². The highest BCUT2D eigenvalue weighted by atomic mass is 79.9. The smallest absolute Gasteiger partial charge is 0.410 e. The predicted molar refractivity (Wildman–Crippen MR) is 95.8 cm³/mol. The molecule has 2 heterocycles. The van der Waals surface area contributed by atoms with E-state index in [9.17, 15) is 4.79 Å². The maximum Gasteiger partial charge on any atom is 0.410 e. The largest absolute Gasteiger partial charge is 0.444 e. The number of piperidine rings is 1. The fourth-order valence-electron chi connectivity index (χ4n) is 2.77. The minimum Gasteiger partial charge on any atom is -0.444 e. The number of carbonyl (C=O) groups is 1. The first-order valence-corrected chi connectivity index (χ1v) is 8.89. The topological polar surface area (TPSA) is 45.7 Å². The molecule has 5 nitrogen and oxygen atoms in total. The van der Waals surface area contributed by atoms with Gasteiger partial charge in [0.25, 0.3) is 0 Å². The Kier molecular flexibility index (Phi) is 5.89. The minimum atomic E-state index is -0.461. The van der Waals surface area contributed by atoms with Crippen LogP contribution in [0, 0.1) is 0 Å². The van der Waals surface area contributed by atoms with Gasteiger partial charge in [0.15, 0.2) is 0 Å². The van der Waals surface area contributed by atoms with Crippen LogP contribution < -0.4 is 4.90 Å². The second-order valence-corrected chi connectivity index (χ2v) is 7.83. The molecule has 0 unspecified atom stereocenters. The van der Waals surface area contributed by atoms with E-state index >= 15 is 0 Å². The molecule has 1 aromatic rings. The van der Waals surface area contributed by atoms with E-state index in [1.165, 1.54) is 0 Å². The van der Waals surface area contributed by atoms with E-state index < -0.39 is 5.60 Å². The SMILES string of the molecule is CN(C[C@@H]1CCCCN1C(=O)OC(C)(C)C)c1cccc(Br)n1. The van der Waals surface area contributed by atoms with Crippen molar-refractivity contribution in [2.75, 3.05) is 25.0 Å². The number of likely N-dealkylation sites (N-methyl/N-ethyl adjacent to an activating group) is 1. The summed E-state index contributed by atoms with van der Waals surface area (Å²) < 4.78 is 6.37. The Morgan fingerprint density at radius 3 is 2.83 bits per heavy atom. The number of hydrogen-bond donors (Lipinski definition) is 0. The molecule has 1 fully saturated rings. The van der Waals surface area contributed by atoms with Crippen molar-refractivity contribution in [3.63, 3.8) is 0 Å². The number of amides is 1. The molecule has 1 atom stereocenters. The third-order valence-electron chi connectivity index (χ3n) is 3.83. The fraction of sp³-hybridized carbons (Fsp3) is 0.647. The van der Waals surface area contributed by atoms with Gasteiger partial charge in [-0.15, -0.1) is 0 Å². The van der Waals surface area contributed by atoms with Crippen LogP contribution >= 0.6 is 15.9 Å². The molecule has 6 heteroatoms. The molecular formula is C17H26BrN3O2. The maximum atomic E-state index is 12.5. The average Bonchev–Trinajstić information content (AvgIpc) is 2.46. The zero-order valence-corrected chi connectivity index (χ0v) is 16.0. The van der Waals surface area contributed by atoms with Crippen molar-refractivity contribution < 1.29 is 9.53 Å². The Labute approximate surface area is 147 Å². The summed E-state index contributed by atoms with van der Waals surface area (Å²) in [6.07, 6.45) is 2.97. The second kappa shape index (κ2) is 7.51. The van der Waals surface area contributed by atoms with Crippen LogP contribution in [-0.4, -0.2) is 47.8 Å². The standard InChI is InChI=1S/C17H26BrN3O2/c1-17(2,3)23-16(22)21-11-6-5-8-13(21)12-20(4)15-10-7-9-14(18)19-15/h7,9-10,13H,5-6,8,11-12H2,1-4H3/t13-/m0/s1. The van der Waals surface area contributed by atoms with Crippen molar-refractivity contribution in [3.8, 4) is 0 Å². The van der Waals surface area contributed by atoms with Gasteiger partial charge in [0.2, 0.25) is 0 Å². The van der Waals surface area contributed by atoms with Gasteiger partial charge >= 0.3 is 6.09 Å². The summed E-state index contributed by atoms with van der Waals surface area (Å²) in [4.78, 5) is 20.9. The lowest BCUT2D eigenvalue weighted by Gasteiger charge is -2.38. The molecule has 2 rings (SSSR count). The molecule has 0 radical (unpaired) electrons. The second-order valence-electron chi connectivity index (χ2n) is 7.02. The van der Waals surface area contributed by atoms with E-state index in [1.807, 2.05) is 50.9 Å². The van der Waals surface area contributed by atoms with Crippen LogP contribution in [0.2, 0.25) is 0 Å². The molecule has 1 saturated heterocycles. The van der Waals surface area contributed by atoms with Crippen LogP contribution in [0.3, 0.4) is 0 Å². The van der Waals surface area contributed by atoms with E-state index in [1.54, 1.807) is 0 Å². The molecule has 0 N–H and O–H groups in total. The molecule has 0 bridgehead atoms. The number of anilines is 1. The summed E-state index contributed by atoms with van der Waals surface area (Å²) in [6, 6.07) is 6.01. The highest BCUT2D eigenvalue weighted by Crippen LogP contribution is 2.22. The van der Waals surface area contributed by atoms with E-state index in [0.717, 1.165) is 42.8 Å². The van der Waals surface area contributed by atoms with Crippen LogP contribution in [0.4, 0.5) is 10.6 Å². The maximum absolute atomic E-state index is 12.5. The third kappa shape index (κ3) is 5.37. The molecule has 0 aliphatic carbocycles. The van der Waals surface area contributed by atoms with Crippen molar-refractivity contribution in [3.05, 3.63) is 22.8 Å². The number of likely N-dealkylation sites (tertiary alicyclic amines) is 1. The molecule has 1 aromatic heterocycles. The molecule has 1 amide bonds. The molecule has 0 saturated carbocycles.